The molecule has 1 unspecified atom stereocenters. The molecule has 1 amide bonds. The number of anilines is 1. The Hall–Kier alpha value is -2.67. The maximum Gasteiger partial charge on any atom is 0.387 e. The molecule has 0 radical (unpaired) electrons. The largest absolute Gasteiger partial charge is 0.435 e. The highest BCUT2D eigenvalue weighted by Gasteiger charge is 2.29. The monoisotopic (exact) mass is 465 g/mol. The smallest absolute Gasteiger partial charge is 0.387 e. The Morgan fingerprint density at radius 1 is 1.00 bits per heavy atom. The lowest BCUT2D eigenvalue weighted by atomic mass is 10.0. The van der Waals surface area contributed by atoms with Crippen molar-refractivity contribution in [1.82, 2.24) is 0 Å². The Morgan fingerprint density at radius 2 is 1.61 bits per heavy atom. The number of benzene rings is 3. The van der Waals surface area contributed by atoms with E-state index in [9.17, 15) is 13.6 Å². The summed E-state index contributed by atoms with van der Waals surface area (Å²) in [6.07, 6.45) is 0. The molecule has 0 aliphatic rings. The van der Waals surface area contributed by atoms with E-state index >= 15 is 0 Å². The second-order valence-electron chi connectivity index (χ2n) is 7.04. The number of halogens is 4. The Bertz CT molecular complexity index is 998. The second-order valence-corrected chi connectivity index (χ2v) is 7.91. The number of nitrogens with one attached hydrogen (secondary N) is 2. The van der Waals surface area contributed by atoms with Crippen molar-refractivity contribution in [3.8, 4) is 5.75 Å². The molecule has 8 heteroatoms. The number of likely N-dealkylation sites (N-methyl/N-ethyl adjacent to an activating group) is 1. The van der Waals surface area contributed by atoms with Gasteiger partial charge in [0.1, 0.15) is 12.3 Å². The van der Waals surface area contributed by atoms with Crippen LogP contribution in [0.4, 0.5) is 14.5 Å². The number of alkyl halides is 2. The molecule has 0 aliphatic carbocycles. The van der Waals surface area contributed by atoms with Crippen molar-refractivity contribution in [2.75, 3.05) is 12.4 Å². The van der Waals surface area contributed by atoms with Crippen molar-refractivity contribution in [1.29, 1.82) is 0 Å². The fourth-order valence-electron chi connectivity index (χ4n) is 3.36. The molecule has 0 spiro atoms. The molecule has 162 valence electrons. The SMILES string of the molecule is C[NH+](Cc1ccc(OC(F)F)cc1)[C@@H](C(=O)Nc1cc(Cl)cc(Cl)c1)c1ccccc1. The summed E-state index contributed by atoms with van der Waals surface area (Å²) in [4.78, 5) is 14.1. The molecule has 0 aromatic heterocycles. The predicted molar refractivity (Wildman–Crippen MR) is 118 cm³/mol. The fraction of sp³-hybridized carbons (Fsp3) is 0.174. The zero-order chi connectivity index (χ0) is 22.4. The average molecular weight is 466 g/mol. The highest BCUT2D eigenvalue weighted by molar-refractivity contribution is 6.35. The first-order valence-electron chi connectivity index (χ1n) is 9.50. The van der Waals surface area contributed by atoms with E-state index in [0.29, 0.717) is 22.3 Å². The number of amides is 1. The van der Waals surface area contributed by atoms with Crippen LogP contribution in [-0.4, -0.2) is 19.6 Å². The number of carbonyl (C=O) groups excluding carboxylic acids is 1. The van der Waals surface area contributed by atoms with Crippen LogP contribution in [0.15, 0.2) is 72.8 Å². The van der Waals surface area contributed by atoms with Crippen LogP contribution in [0.2, 0.25) is 10.0 Å². The number of quaternary nitrogens is 1. The summed E-state index contributed by atoms with van der Waals surface area (Å²) in [5, 5.41) is 3.73. The molecule has 3 aromatic carbocycles. The lowest BCUT2D eigenvalue weighted by Gasteiger charge is -2.25. The van der Waals surface area contributed by atoms with Crippen molar-refractivity contribution in [3.63, 3.8) is 0 Å². The Morgan fingerprint density at radius 3 is 2.19 bits per heavy atom. The zero-order valence-electron chi connectivity index (χ0n) is 16.6. The molecular weight excluding hydrogens is 445 g/mol. The average Bonchev–Trinajstić information content (AvgIpc) is 2.69. The zero-order valence-corrected chi connectivity index (χ0v) is 18.1. The van der Waals surface area contributed by atoms with Crippen molar-refractivity contribution in [3.05, 3.63) is 94.0 Å². The molecule has 31 heavy (non-hydrogen) atoms. The van der Waals surface area contributed by atoms with Crippen LogP contribution >= 0.6 is 23.2 Å². The summed E-state index contributed by atoms with van der Waals surface area (Å²) in [7, 11) is 1.89. The second kappa shape index (κ2) is 10.6. The minimum absolute atomic E-state index is 0.0894. The van der Waals surface area contributed by atoms with Gasteiger partial charge in [-0.1, -0.05) is 53.5 Å². The molecule has 2 atom stereocenters. The van der Waals surface area contributed by atoms with E-state index in [2.05, 4.69) is 10.1 Å². The Labute approximate surface area is 189 Å². The number of carbonyl (C=O) groups is 1. The molecule has 0 heterocycles. The van der Waals surface area contributed by atoms with Crippen LogP contribution in [-0.2, 0) is 11.3 Å². The lowest BCUT2D eigenvalue weighted by molar-refractivity contribution is -0.915. The first-order valence-corrected chi connectivity index (χ1v) is 10.3. The molecule has 0 fully saturated rings. The molecule has 0 aliphatic heterocycles. The fourth-order valence-corrected chi connectivity index (χ4v) is 3.88. The minimum Gasteiger partial charge on any atom is -0.435 e. The van der Waals surface area contributed by atoms with Gasteiger partial charge in [-0.25, -0.2) is 0 Å². The number of hydrogen-bond acceptors (Lipinski definition) is 2. The maximum atomic E-state index is 13.2. The van der Waals surface area contributed by atoms with E-state index in [4.69, 9.17) is 23.2 Å². The lowest BCUT2D eigenvalue weighted by Crippen LogP contribution is -3.09. The van der Waals surface area contributed by atoms with Crippen molar-refractivity contribution >= 4 is 34.8 Å². The van der Waals surface area contributed by atoms with Gasteiger partial charge < -0.3 is 15.0 Å². The number of hydrogen-bond donors (Lipinski definition) is 2. The number of rotatable bonds is 8. The van der Waals surface area contributed by atoms with Crippen molar-refractivity contribution in [2.45, 2.75) is 19.2 Å². The van der Waals surface area contributed by atoms with Crippen LogP contribution in [0.5, 0.6) is 5.75 Å². The van der Waals surface area contributed by atoms with Gasteiger partial charge in [-0.2, -0.15) is 8.78 Å². The third kappa shape index (κ3) is 6.66. The van der Waals surface area contributed by atoms with E-state index in [1.54, 1.807) is 30.3 Å². The summed E-state index contributed by atoms with van der Waals surface area (Å²) in [5.41, 5.74) is 2.21. The molecular formula is C23H21Cl2F2N2O2+. The standard InChI is InChI=1S/C23H20Cl2F2N2O2/c1-29(14-15-7-9-20(10-8-15)31-23(26)27)21(16-5-3-2-4-6-16)22(30)28-19-12-17(24)11-18(25)13-19/h2-13,21,23H,14H2,1H3,(H,28,30)/p+1/t21-/m1/s1. The Balaban J connectivity index is 1.80. The van der Waals surface area contributed by atoms with Crippen molar-refractivity contribution in [2.24, 2.45) is 0 Å². The highest BCUT2D eigenvalue weighted by Crippen LogP contribution is 2.23. The van der Waals surface area contributed by atoms with E-state index in [1.807, 2.05) is 37.4 Å². The normalized spacial score (nSPS) is 13.0. The van der Waals surface area contributed by atoms with E-state index in [-0.39, 0.29) is 11.7 Å². The first kappa shape index (κ1) is 23.0. The topological polar surface area (TPSA) is 42.8 Å². The molecule has 3 rings (SSSR count). The third-order valence-electron chi connectivity index (χ3n) is 4.65. The number of ether oxygens (including phenoxy) is 1. The quantitative estimate of drug-likeness (QED) is 0.492. The van der Waals surface area contributed by atoms with Gasteiger partial charge in [0.05, 0.1) is 7.05 Å². The molecule has 0 saturated carbocycles. The molecule has 0 bridgehead atoms. The summed E-state index contributed by atoms with van der Waals surface area (Å²) >= 11 is 12.1. The highest BCUT2D eigenvalue weighted by atomic mass is 35.5. The van der Waals surface area contributed by atoms with Gasteiger partial charge in [-0.05, 0) is 42.5 Å². The third-order valence-corrected chi connectivity index (χ3v) is 5.09. The molecule has 2 N–H and O–H groups in total. The molecule has 4 nitrogen and oxygen atoms in total. The molecule has 0 saturated heterocycles. The van der Waals surface area contributed by atoms with Crippen molar-refractivity contribution < 1.29 is 23.2 Å². The first-order chi connectivity index (χ1) is 14.8. The van der Waals surface area contributed by atoms with Gasteiger partial charge in [0.15, 0.2) is 6.04 Å². The van der Waals surface area contributed by atoms with Gasteiger partial charge in [0, 0.05) is 26.9 Å². The summed E-state index contributed by atoms with van der Waals surface area (Å²) < 4.78 is 29.1. The van der Waals surface area contributed by atoms with E-state index in [1.165, 1.54) is 12.1 Å². The minimum atomic E-state index is -2.87. The summed E-state index contributed by atoms with van der Waals surface area (Å²) in [6.45, 7) is -2.39. The van der Waals surface area contributed by atoms with Gasteiger partial charge in [0.2, 0.25) is 0 Å². The van der Waals surface area contributed by atoms with Crippen LogP contribution in [0.25, 0.3) is 0 Å². The van der Waals surface area contributed by atoms with Crippen LogP contribution < -0.4 is 15.0 Å². The van der Waals surface area contributed by atoms with E-state index < -0.39 is 12.7 Å². The van der Waals surface area contributed by atoms with Gasteiger partial charge in [0.25, 0.3) is 5.91 Å². The van der Waals surface area contributed by atoms with Crippen LogP contribution in [0.3, 0.4) is 0 Å². The summed E-state index contributed by atoms with van der Waals surface area (Å²) in [6, 6.07) is 20.1. The van der Waals surface area contributed by atoms with Gasteiger partial charge >= 0.3 is 6.61 Å². The van der Waals surface area contributed by atoms with E-state index in [0.717, 1.165) is 16.0 Å². The molecule has 3 aromatic rings. The maximum absolute atomic E-state index is 13.2. The van der Waals surface area contributed by atoms with Gasteiger partial charge in [-0.3, -0.25) is 4.79 Å². The van der Waals surface area contributed by atoms with Crippen LogP contribution in [0, 0.1) is 0 Å². The van der Waals surface area contributed by atoms with Gasteiger partial charge in [-0.15, -0.1) is 0 Å². The van der Waals surface area contributed by atoms with Crippen LogP contribution in [0.1, 0.15) is 17.2 Å². The summed E-state index contributed by atoms with van der Waals surface area (Å²) in [5.74, 6) is -0.133. The Kier molecular flexibility index (Phi) is 7.85. The predicted octanol–water partition coefficient (Wildman–Crippen LogP) is 4.99.